The van der Waals surface area contributed by atoms with Crippen molar-refractivity contribution in [1.29, 1.82) is 0 Å². The number of Topliss-reactive ketones (excluding diaryl/α,β-unsaturated/α-hetero) is 1. The molecule has 1 aliphatic rings. The van der Waals surface area contributed by atoms with Crippen LogP contribution in [-0.2, 0) is 0 Å². The highest BCUT2D eigenvalue weighted by Gasteiger charge is 2.23. The summed E-state index contributed by atoms with van der Waals surface area (Å²) in [6.45, 7) is 2.27. The van der Waals surface area contributed by atoms with Gasteiger partial charge in [-0.2, -0.15) is 0 Å². The van der Waals surface area contributed by atoms with Crippen LogP contribution in [-0.4, -0.2) is 10.9 Å². The maximum Gasteiger partial charge on any atom is 0.166 e. The Labute approximate surface area is 103 Å². The van der Waals surface area contributed by atoms with Gasteiger partial charge in [-0.15, -0.1) is 0 Å². The Hall–Kier alpha value is -1.31. The van der Waals surface area contributed by atoms with Crippen molar-refractivity contribution in [2.75, 3.05) is 0 Å². The number of carbonyl (C=O) groups excluding carboxylic acids is 1. The van der Waals surface area contributed by atoms with Gasteiger partial charge in [0.05, 0.1) is 0 Å². The van der Waals surface area contributed by atoms with Gasteiger partial charge in [-0.05, 0) is 30.9 Å². The largest absolute Gasteiger partial charge is 0.508 e. The summed E-state index contributed by atoms with van der Waals surface area (Å²) >= 11 is 0. The molecule has 2 heteroatoms. The van der Waals surface area contributed by atoms with E-state index in [4.69, 9.17) is 0 Å². The van der Waals surface area contributed by atoms with Crippen molar-refractivity contribution in [3.8, 4) is 5.75 Å². The number of rotatable bonds is 2. The third-order valence-electron chi connectivity index (χ3n) is 3.76. The van der Waals surface area contributed by atoms with E-state index in [1.807, 2.05) is 0 Å². The molecule has 0 amide bonds. The summed E-state index contributed by atoms with van der Waals surface area (Å²) in [5.41, 5.74) is 0.657. The maximum atomic E-state index is 12.3. The summed E-state index contributed by atoms with van der Waals surface area (Å²) in [7, 11) is 0. The van der Waals surface area contributed by atoms with E-state index in [1.165, 1.54) is 6.42 Å². The predicted octanol–water partition coefficient (Wildman–Crippen LogP) is 3.79. The zero-order chi connectivity index (χ0) is 12.3. The smallest absolute Gasteiger partial charge is 0.166 e. The van der Waals surface area contributed by atoms with Crippen molar-refractivity contribution in [3.63, 3.8) is 0 Å². The Morgan fingerprint density at radius 2 is 2.06 bits per heavy atom. The van der Waals surface area contributed by atoms with Gasteiger partial charge in [0.1, 0.15) is 5.75 Å². The Morgan fingerprint density at radius 1 is 1.24 bits per heavy atom. The third-order valence-corrected chi connectivity index (χ3v) is 3.76. The molecule has 2 rings (SSSR count). The Bertz CT molecular complexity index is 398. The van der Waals surface area contributed by atoms with Crippen LogP contribution < -0.4 is 0 Å². The maximum absolute atomic E-state index is 12.3. The molecule has 2 nitrogen and oxygen atoms in total. The van der Waals surface area contributed by atoms with Crippen LogP contribution in [0.3, 0.4) is 0 Å². The quantitative estimate of drug-likeness (QED) is 0.622. The monoisotopic (exact) mass is 232 g/mol. The minimum absolute atomic E-state index is 0.154. The van der Waals surface area contributed by atoms with Crippen LogP contribution in [0.1, 0.15) is 49.4 Å². The van der Waals surface area contributed by atoms with Crippen LogP contribution in [0.4, 0.5) is 0 Å². The lowest BCUT2D eigenvalue weighted by Gasteiger charge is -2.13. The van der Waals surface area contributed by atoms with Crippen molar-refractivity contribution in [1.82, 2.24) is 0 Å². The molecule has 0 spiro atoms. The highest BCUT2D eigenvalue weighted by molar-refractivity contribution is 5.98. The van der Waals surface area contributed by atoms with Crippen LogP contribution in [0, 0.1) is 11.8 Å². The van der Waals surface area contributed by atoms with Gasteiger partial charge in [0, 0.05) is 11.5 Å². The van der Waals surface area contributed by atoms with Gasteiger partial charge in [0.15, 0.2) is 5.78 Å². The Morgan fingerprint density at radius 3 is 2.82 bits per heavy atom. The zero-order valence-corrected chi connectivity index (χ0v) is 10.4. The van der Waals surface area contributed by atoms with Crippen molar-refractivity contribution < 1.29 is 9.90 Å². The van der Waals surface area contributed by atoms with E-state index in [9.17, 15) is 9.90 Å². The fraction of sp³-hybridized carbons (Fsp3) is 0.533. The summed E-state index contributed by atoms with van der Waals surface area (Å²) in [6, 6.07) is 6.72. The number of ketones is 1. The van der Waals surface area contributed by atoms with Crippen molar-refractivity contribution in [2.24, 2.45) is 11.8 Å². The van der Waals surface area contributed by atoms with Crippen LogP contribution in [0.15, 0.2) is 24.3 Å². The normalized spacial score (nSPS) is 25.2. The molecule has 1 aromatic carbocycles. The third kappa shape index (κ3) is 3.09. The van der Waals surface area contributed by atoms with Gasteiger partial charge in [0.2, 0.25) is 0 Å². The molecule has 0 saturated heterocycles. The summed E-state index contributed by atoms with van der Waals surface area (Å²) in [4.78, 5) is 12.3. The molecule has 1 aliphatic carbocycles. The lowest BCUT2D eigenvalue weighted by molar-refractivity contribution is 0.0907. The topological polar surface area (TPSA) is 37.3 Å². The molecule has 2 unspecified atom stereocenters. The Balaban J connectivity index is 2.09. The number of hydrogen-bond donors (Lipinski definition) is 1. The SMILES string of the molecule is CC1CCCC(C(=O)c2cccc(O)c2)CC1. The Kier molecular flexibility index (Phi) is 3.82. The number of aromatic hydroxyl groups is 1. The lowest BCUT2D eigenvalue weighted by atomic mass is 9.90. The van der Waals surface area contributed by atoms with Gasteiger partial charge in [0.25, 0.3) is 0 Å². The highest BCUT2D eigenvalue weighted by Crippen LogP contribution is 2.29. The van der Waals surface area contributed by atoms with E-state index in [-0.39, 0.29) is 17.5 Å². The van der Waals surface area contributed by atoms with Gasteiger partial charge in [-0.1, -0.05) is 38.3 Å². The number of benzene rings is 1. The number of carbonyl (C=O) groups is 1. The molecule has 0 radical (unpaired) electrons. The van der Waals surface area contributed by atoms with E-state index < -0.39 is 0 Å². The summed E-state index contributed by atoms with van der Waals surface area (Å²) in [5, 5.41) is 9.41. The molecule has 2 atom stereocenters. The summed E-state index contributed by atoms with van der Waals surface area (Å²) in [6.07, 6.45) is 5.53. The first kappa shape index (κ1) is 12.2. The first-order valence-electron chi connectivity index (χ1n) is 6.50. The molecule has 0 aliphatic heterocycles. The van der Waals surface area contributed by atoms with E-state index in [2.05, 4.69) is 6.92 Å². The van der Waals surface area contributed by atoms with Gasteiger partial charge in [-0.3, -0.25) is 4.79 Å². The summed E-state index contributed by atoms with van der Waals surface area (Å²) in [5.74, 6) is 1.28. The molecule has 0 bridgehead atoms. The first-order chi connectivity index (χ1) is 8.16. The molecule has 1 fully saturated rings. The van der Waals surface area contributed by atoms with E-state index >= 15 is 0 Å². The van der Waals surface area contributed by atoms with Gasteiger partial charge >= 0.3 is 0 Å². The molecule has 92 valence electrons. The first-order valence-corrected chi connectivity index (χ1v) is 6.50. The standard InChI is InChI=1S/C15H20O2/c1-11-4-2-5-12(9-8-11)15(17)13-6-3-7-14(16)10-13/h3,6-7,10-12,16H,2,4-5,8-9H2,1H3. The highest BCUT2D eigenvalue weighted by atomic mass is 16.3. The van der Waals surface area contributed by atoms with Gasteiger partial charge in [-0.25, -0.2) is 0 Å². The molecule has 1 N–H and O–H groups in total. The second kappa shape index (κ2) is 5.35. The second-order valence-corrected chi connectivity index (χ2v) is 5.22. The minimum Gasteiger partial charge on any atom is -0.508 e. The fourth-order valence-electron chi connectivity index (χ4n) is 2.64. The minimum atomic E-state index is 0.154. The molecule has 0 aromatic heterocycles. The molecule has 0 heterocycles. The predicted molar refractivity (Wildman–Crippen MR) is 68.2 cm³/mol. The van der Waals surface area contributed by atoms with Crippen LogP contribution in [0.25, 0.3) is 0 Å². The molecular formula is C15H20O2. The van der Waals surface area contributed by atoms with Crippen molar-refractivity contribution >= 4 is 5.78 Å². The lowest BCUT2D eigenvalue weighted by Crippen LogP contribution is -2.14. The van der Waals surface area contributed by atoms with Gasteiger partial charge < -0.3 is 5.11 Å². The average molecular weight is 232 g/mol. The van der Waals surface area contributed by atoms with E-state index in [0.29, 0.717) is 5.56 Å². The molecular weight excluding hydrogens is 212 g/mol. The van der Waals surface area contributed by atoms with Crippen LogP contribution >= 0.6 is 0 Å². The zero-order valence-electron chi connectivity index (χ0n) is 10.4. The molecule has 1 saturated carbocycles. The average Bonchev–Trinajstić information content (AvgIpc) is 2.53. The van der Waals surface area contributed by atoms with Crippen molar-refractivity contribution in [3.05, 3.63) is 29.8 Å². The fourth-order valence-corrected chi connectivity index (χ4v) is 2.64. The van der Waals surface area contributed by atoms with Crippen molar-refractivity contribution in [2.45, 2.75) is 39.0 Å². The van der Waals surface area contributed by atoms with E-state index in [1.54, 1.807) is 24.3 Å². The van der Waals surface area contributed by atoms with E-state index in [0.717, 1.165) is 31.6 Å². The van der Waals surface area contributed by atoms with Crippen LogP contribution in [0.5, 0.6) is 5.75 Å². The molecule has 17 heavy (non-hydrogen) atoms. The number of phenols is 1. The number of hydrogen-bond acceptors (Lipinski definition) is 2. The second-order valence-electron chi connectivity index (χ2n) is 5.22. The van der Waals surface area contributed by atoms with Crippen LogP contribution in [0.2, 0.25) is 0 Å². The number of phenolic OH excluding ortho intramolecular Hbond substituents is 1. The summed E-state index contributed by atoms with van der Waals surface area (Å²) < 4.78 is 0. The molecule has 1 aromatic rings.